The van der Waals surface area contributed by atoms with Gasteiger partial charge in [0.2, 0.25) is 0 Å². The van der Waals surface area contributed by atoms with E-state index in [-0.39, 0.29) is 81.2 Å². The largest absolute Gasteiger partial charge is 0 e. The maximum absolute atomic E-state index is 0. The summed E-state index contributed by atoms with van der Waals surface area (Å²) in [5.41, 5.74) is 0. The van der Waals surface area contributed by atoms with Gasteiger partial charge in [-0.05, 0) is 0 Å². The Morgan fingerprint density at radius 1 is 1.00 bits per heavy atom. The van der Waals surface area contributed by atoms with E-state index in [1.54, 1.807) is 0 Å². The average molecular weight is 422 g/mol. The van der Waals surface area contributed by atoms with Gasteiger partial charge in [0.05, 0.1) is 0 Å². The molecule has 0 N–H and O–H groups in total. The van der Waals surface area contributed by atoms with Crippen LogP contribution in [0.2, 0.25) is 0 Å². The first-order valence-corrected chi connectivity index (χ1v) is 0. The minimum atomic E-state index is 0. The molecule has 0 atom stereocenters. The zero-order chi connectivity index (χ0) is 0. The van der Waals surface area contributed by atoms with Crippen LogP contribution in [0.4, 0.5) is 0 Å². The van der Waals surface area contributed by atoms with Crippen LogP contribution in [0.3, 0.4) is 0 Å². The Morgan fingerprint density at radius 3 is 1.00 bits per heavy atom. The molecule has 0 spiro atoms. The molecule has 0 aromatic heterocycles. The van der Waals surface area contributed by atoms with Gasteiger partial charge in [-0.2, -0.15) is 0 Å². The first-order valence-electron chi connectivity index (χ1n) is 0. The van der Waals surface area contributed by atoms with Crippen LogP contribution in [0.25, 0.3) is 0 Å². The van der Waals surface area contributed by atoms with Crippen molar-refractivity contribution in [1.82, 2.24) is 0 Å². The predicted octanol–water partition coefficient (Wildman–Crippen LogP) is -2.48. The van der Waals surface area contributed by atoms with E-state index in [1.807, 2.05) is 0 Å². The van der Waals surface area contributed by atoms with Crippen LogP contribution >= 0.6 is 0 Å². The molecule has 0 heterocycles. The number of rotatable bonds is 0. The van der Waals surface area contributed by atoms with Gasteiger partial charge in [-0.1, -0.05) is 0 Å². The molecule has 0 rings (SSSR count). The van der Waals surface area contributed by atoms with Crippen LogP contribution in [-0.4, -0.2) is 64.2 Å². The first kappa shape index (κ1) is 30.6. The van der Waals surface area contributed by atoms with Crippen molar-refractivity contribution in [2.45, 2.75) is 0 Å². The zero-order valence-corrected chi connectivity index (χ0v) is 8.91. The van der Waals surface area contributed by atoms with Gasteiger partial charge in [0.15, 0.2) is 0 Å². The molecule has 0 aliphatic rings. The number of hydrogen-bond acceptors (Lipinski definition) is 0. The van der Waals surface area contributed by atoms with Crippen LogP contribution in [0, 0.1) is 0 Å². The van der Waals surface area contributed by atoms with Gasteiger partial charge in [-0.15, -0.1) is 0 Å². The smallest absolute Gasteiger partial charge is 0 e. The Morgan fingerprint density at radius 2 is 1.00 bits per heavy atom. The van der Waals surface area contributed by atoms with Crippen molar-refractivity contribution < 1.29 is 17.1 Å². The van der Waals surface area contributed by atoms with Crippen molar-refractivity contribution in [2.75, 3.05) is 0 Å². The Labute approximate surface area is 80.0 Å². The summed E-state index contributed by atoms with van der Waals surface area (Å²) in [5.74, 6) is 0. The van der Waals surface area contributed by atoms with Crippen LogP contribution in [-0.2, 0) is 17.1 Å². The monoisotopic (exact) mass is 422 g/mol. The molecule has 28 valence electrons. The standard InChI is InChI=1S/Cu.Ga.H2Se.Tl.3H/h;;1H2;;;;. The summed E-state index contributed by atoms with van der Waals surface area (Å²) in [4.78, 5) is 0. The van der Waals surface area contributed by atoms with E-state index in [2.05, 4.69) is 0 Å². The van der Waals surface area contributed by atoms with E-state index in [4.69, 9.17) is 0 Å². The summed E-state index contributed by atoms with van der Waals surface area (Å²) in [5, 5.41) is 0. The molecule has 0 nitrogen and oxygen atoms in total. The van der Waals surface area contributed by atoms with Crippen molar-refractivity contribution in [3.05, 3.63) is 0 Å². The van der Waals surface area contributed by atoms with Gasteiger partial charge in [-0.25, -0.2) is 0 Å². The molecule has 0 saturated heterocycles. The summed E-state index contributed by atoms with van der Waals surface area (Å²) in [6.07, 6.45) is 0. The maximum atomic E-state index is 0. The van der Waals surface area contributed by atoms with Gasteiger partial charge in [0, 0.05) is 44.4 Å². The molecule has 4 heteroatoms. The molecule has 4 heavy (non-hydrogen) atoms. The van der Waals surface area contributed by atoms with E-state index in [0.717, 1.165) is 0 Å². The quantitative estimate of drug-likeness (QED) is 0.380. The molecular formula is H5CuGaSeTl. The van der Waals surface area contributed by atoms with E-state index < -0.39 is 0 Å². The Bertz CT molecular complexity index is 8.00. The number of hydrogen-bond donors (Lipinski definition) is 0. The third-order valence-electron chi connectivity index (χ3n) is 0. The molecule has 0 bridgehead atoms. The van der Waals surface area contributed by atoms with Crippen LogP contribution < -0.4 is 0 Å². The van der Waals surface area contributed by atoms with E-state index in [9.17, 15) is 0 Å². The van der Waals surface area contributed by atoms with Crippen LogP contribution in [0.5, 0.6) is 0 Å². The minimum Gasteiger partial charge on any atom is 0 e. The second-order valence-corrected chi connectivity index (χ2v) is 0. The normalized spacial score (nSPS) is 0. The summed E-state index contributed by atoms with van der Waals surface area (Å²) in [6, 6.07) is 0. The molecule has 0 unspecified atom stereocenters. The van der Waals surface area contributed by atoms with E-state index >= 15 is 0 Å². The summed E-state index contributed by atoms with van der Waals surface area (Å²) < 4.78 is 0. The van der Waals surface area contributed by atoms with Crippen molar-refractivity contribution in [1.29, 1.82) is 0 Å². The van der Waals surface area contributed by atoms with Gasteiger partial charge < -0.3 is 0 Å². The molecule has 0 amide bonds. The van der Waals surface area contributed by atoms with Gasteiger partial charge in [0.25, 0.3) is 0 Å². The van der Waals surface area contributed by atoms with Gasteiger partial charge >= 0.3 is 36.9 Å². The summed E-state index contributed by atoms with van der Waals surface area (Å²) >= 11 is 0. The molecule has 0 aromatic rings. The third-order valence-corrected chi connectivity index (χ3v) is 0. The van der Waals surface area contributed by atoms with Gasteiger partial charge in [0.1, 0.15) is 0 Å². The van der Waals surface area contributed by atoms with E-state index in [1.165, 1.54) is 0 Å². The SMILES string of the molecule is [Cu].[GaH3].[SeH2].[Tl]. The van der Waals surface area contributed by atoms with Crippen molar-refractivity contribution >= 4 is 64.2 Å². The molecule has 0 fully saturated rings. The molecule has 0 aliphatic heterocycles. The molecule has 0 saturated carbocycles. The van der Waals surface area contributed by atoms with Crippen molar-refractivity contribution in [3.8, 4) is 0 Å². The van der Waals surface area contributed by atoms with Crippen LogP contribution in [0.15, 0.2) is 0 Å². The second-order valence-electron chi connectivity index (χ2n) is 0. The molecule has 0 aromatic carbocycles. The fourth-order valence-corrected chi connectivity index (χ4v) is 0. The second kappa shape index (κ2) is 17.5. The summed E-state index contributed by atoms with van der Waals surface area (Å²) in [6.45, 7) is 0. The van der Waals surface area contributed by atoms with Gasteiger partial charge in [-0.3, -0.25) is 0 Å². The minimum absolute atomic E-state index is 0. The third kappa shape index (κ3) is 8.82. The van der Waals surface area contributed by atoms with Crippen molar-refractivity contribution in [3.63, 3.8) is 0 Å². The van der Waals surface area contributed by atoms with E-state index in [0.29, 0.717) is 0 Å². The average Bonchev–Trinajstić information content (AvgIpc) is 0. The molecular weight excluding hydrogens is 417 g/mol. The first-order chi connectivity index (χ1) is 0. The fraction of sp³-hybridized carbons (Fsp3) is 0. The topological polar surface area (TPSA) is 0 Å². The zero-order valence-electron chi connectivity index (χ0n) is 1.38. The summed E-state index contributed by atoms with van der Waals surface area (Å²) in [7, 11) is 0. The Kier molecular flexibility index (Phi) is 134. The Hall–Kier alpha value is 2.60. The van der Waals surface area contributed by atoms with Crippen LogP contribution in [0.1, 0.15) is 0 Å². The molecule has 2 radical (unpaired) electrons. The maximum Gasteiger partial charge on any atom is 0 e. The fourth-order valence-electron chi connectivity index (χ4n) is 0. The Balaban J connectivity index is 0. The predicted molar refractivity (Wildman–Crippen MR) is 24.2 cm³/mol. The van der Waals surface area contributed by atoms with Crippen molar-refractivity contribution in [2.24, 2.45) is 0 Å². The molecule has 0 aliphatic carbocycles.